The number of nitrogens with two attached hydrogens (primary N) is 1. The van der Waals surface area contributed by atoms with E-state index in [1.807, 2.05) is 37.3 Å². The Morgan fingerprint density at radius 1 is 1.19 bits per heavy atom. The van der Waals surface area contributed by atoms with Crippen molar-refractivity contribution in [1.82, 2.24) is 9.97 Å². The number of aromatic nitrogens is 2. The van der Waals surface area contributed by atoms with E-state index in [4.69, 9.17) is 17.3 Å². The lowest BCUT2D eigenvalue weighted by Crippen LogP contribution is -2.23. The van der Waals surface area contributed by atoms with Gasteiger partial charge in [0.25, 0.3) is 11.5 Å². The van der Waals surface area contributed by atoms with Crippen molar-refractivity contribution < 1.29 is 4.79 Å². The molecule has 0 spiro atoms. The molecule has 3 aromatic rings. The van der Waals surface area contributed by atoms with E-state index in [0.717, 1.165) is 5.56 Å². The van der Waals surface area contributed by atoms with Crippen molar-refractivity contribution in [3.8, 4) is 0 Å². The minimum Gasteiger partial charge on any atom is -0.382 e. The molecule has 4 N–H and O–H groups in total. The average Bonchev–Trinajstić information content (AvgIpc) is 2.66. The van der Waals surface area contributed by atoms with Crippen LogP contribution in [0.25, 0.3) is 0 Å². The molecule has 1 amide bonds. The van der Waals surface area contributed by atoms with Crippen LogP contribution in [0.1, 0.15) is 28.1 Å². The van der Waals surface area contributed by atoms with Crippen LogP contribution in [0.2, 0.25) is 5.02 Å². The summed E-state index contributed by atoms with van der Waals surface area (Å²) >= 11 is 7.19. The molecule has 0 radical (unpaired) electrons. The van der Waals surface area contributed by atoms with Crippen molar-refractivity contribution in [2.24, 2.45) is 0 Å². The lowest BCUT2D eigenvalue weighted by atomic mass is 10.2. The van der Waals surface area contributed by atoms with Crippen LogP contribution in [0, 0.1) is 0 Å². The van der Waals surface area contributed by atoms with Crippen LogP contribution in [0.5, 0.6) is 0 Å². The molecular weight excluding hydrogens is 384 g/mol. The van der Waals surface area contributed by atoms with Crippen molar-refractivity contribution in [1.29, 1.82) is 0 Å². The fourth-order valence-corrected chi connectivity index (χ4v) is 3.45. The minimum atomic E-state index is -0.507. The van der Waals surface area contributed by atoms with Crippen molar-refractivity contribution >= 4 is 40.8 Å². The maximum Gasteiger partial charge on any atom is 0.277 e. The first-order valence-electron chi connectivity index (χ1n) is 8.12. The van der Waals surface area contributed by atoms with Crippen LogP contribution in [-0.4, -0.2) is 15.9 Å². The van der Waals surface area contributed by atoms with Gasteiger partial charge in [0.05, 0.1) is 0 Å². The third kappa shape index (κ3) is 4.69. The smallest absolute Gasteiger partial charge is 0.277 e. The summed E-state index contributed by atoms with van der Waals surface area (Å²) in [6.07, 6.45) is 0. The molecule has 2 aromatic carbocycles. The molecule has 3 rings (SSSR count). The normalized spacial score (nSPS) is 11.8. The van der Waals surface area contributed by atoms with E-state index in [2.05, 4.69) is 15.3 Å². The van der Waals surface area contributed by atoms with Crippen LogP contribution >= 0.6 is 23.4 Å². The number of nitrogens with zero attached hydrogens (tertiary/aromatic N) is 1. The Morgan fingerprint density at radius 2 is 1.85 bits per heavy atom. The largest absolute Gasteiger partial charge is 0.382 e. The number of carbonyl (C=O) groups excluding carboxylic acids is 1. The molecular formula is C19H17ClN4O2S. The Labute approximate surface area is 165 Å². The molecule has 0 aliphatic heterocycles. The standard InChI is InChI=1S/C19H17ClN4O2S/c1-11(12-5-3-2-4-6-12)27-19-23-16(21)15(18(26)24-19)22-17(25)13-7-9-14(20)10-8-13/h2-11H,1H3,(H,22,25)(H3,21,23,24,26)/t11-/m1/s1. The molecule has 138 valence electrons. The topological polar surface area (TPSA) is 101 Å². The molecule has 0 saturated heterocycles. The third-order valence-corrected chi connectivity index (χ3v) is 5.12. The molecule has 0 fully saturated rings. The summed E-state index contributed by atoms with van der Waals surface area (Å²) in [5, 5.41) is 3.48. The fraction of sp³-hybridized carbons (Fsp3) is 0.105. The monoisotopic (exact) mass is 400 g/mol. The first-order valence-corrected chi connectivity index (χ1v) is 9.38. The van der Waals surface area contributed by atoms with E-state index in [0.29, 0.717) is 15.7 Å². The summed E-state index contributed by atoms with van der Waals surface area (Å²) in [6.45, 7) is 2.01. The third-order valence-electron chi connectivity index (χ3n) is 3.83. The highest BCUT2D eigenvalue weighted by Gasteiger charge is 2.16. The van der Waals surface area contributed by atoms with Crippen LogP contribution in [-0.2, 0) is 0 Å². The van der Waals surface area contributed by atoms with E-state index >= 15 is 0 Å². The van der Waals surface area contributed by atoms with Crippen molar-refractivity contribution in [3.05, 3.63) is 81.1 Å². The summed E-state index contributed by atoms with van der Waals surface area (Å²) < 4.78 is 0. The van der Waals surface area contributed by atoms with Gasteiger partial charge in [-0.05, 0) is 36.8 Å². The minimum absolute atomic E-state index is 0.0381. The number of amides is 1. The number of benzene rings is 2. The Hall–Kier alpha value is -2.77. The molecule has 0 bridgehead atoms. The summed E-state index contributed by atoms with van der Waals surface area (Å²) in [6, 6.07) is 16.1. The number of nitrogen functional groups attached to an aromatic ring is 1. The predicted octanol–water partition coefficient (Wildman–Crippen LogP) is 4.11. The lowest BCUT2D eigenvalue weighted by Gasteiger charge is -2.12. The molecule has 27 heavy (non-hydrogen) atoms. The SMILES string of the molecule is C[C@@H](Sc1nc(N)c(NC(=O)c2ccc(Cl)cc2)c(=O)[nH]1)c1ccccc1. The zero-order valence-electron chi connectivity index (χ0n) is 14.4. The van der Waals surface area contributed by atoms with Gasteiger partial charge in [-0.1, -0.05) is 53.7 Å². The molecule has 8 heteroatoms. The number of carbonyl (C=O) groups is 1. The second-order valence-electron chi connectivity index (χ2n) is 5.76. The molecule has 0 saturated carbocycles. The summed E-state index contributed by atoms with van der Waals surface area (Å²) in [5.41, 5.74) is 6.78. The number of thioether (sulfide) groups is 1. The van der Waals surface area contributed by atoms with E-state index in [-0.39, 0.29) is 16.8 Å². The van der Waals surface area contributed by atoms with E-state index in [1.54, 1.807) is 24.3 Å². The first kappa shape index (κ1) is 19.0. The zero-order chi connectivity index (χ0) is 19.4. The maximum atomic E-state index is 12.4. The number of nitrogens with one attached hydrogen (secondary N) is 2. The highest BCUT2D eigenvalue weighted by molar-refractivity contribution is 7.99. The molecule has 1 atom stereocenters. The van der Waals surface area contributed by atoms with Crippen LogP contribution < -0.4 is 16.6 Å². The fourth-order valence-electron chi connectivity index (χ4n) is 2.39. The first-order chi connectivity index (χ1) is 12.9. The summed E-state index contributed by atoms with van der Waals surface area (Å²) in [4.78, 5) is 31.5. The zero-order valence-corrected chi connectivity index (χ0v) is 16.0. The summed E-state index contributed by atoms with van der Waals surface area (Å²) in [5.74, 6) is -0.507. The van der Waals surface area contributed by atoms with Gasteiger partial charge in [-0.15, -0.1) is 0 Å². The molecule has 0 aliphatic carbocycles. The van der Waals surface area contributed by atoms with Gasteiger partial charge in [-0.3, -0.25) is 14.6 Å². The number of rotatable bonds is 5. The second-order valence-corrected chi connectivity index (χ2v) is 7.53. The van der Waals surface area contributed by atoms with Crippen LogP contribution in [0.4, 0.5) is 11.5 Å². The van der Waals surface area contributed by atoms with Crippen LogP contribution in [0.15, 0.2) is 64.5 Å². The van der Waals surface area contributed by atoms with E-state index in [9.17, 15) is 9.59 Å². The molecule has 0 unspecified atom stereocenters. The van der Waals surface area contributed by atoms with Gasteiger partial charge in [0.1, 0.15) is 5.69 Å². The van der Waals surface area contributed by atoms with Gasteiger partial charge in [0, 0.05) is 15.8 Å². The van der Waals surface area contributed by atoms with Gasteiger partial charge in [0.15, 0.2) is 11.0 Å². The second kappa shape index (κ2) is 8.28. The average molecular weight is 401 g/mol. The van der Waals surface area contributed by atoms with Crippen molar-refractivity contribution in [2.45, 2.75) is 17.3 Å². The number of anilines is 2. The summed E-state index contributed by atoms with van der Waals surface area (Å²) in [7, 11) is 0. The highest BCUT2D eigenvalue weighted by Crippen LogP contribution is 2.32. The van der Waals surface area contributed by atoms with E-state index in [1.165, 1.54) is 11.8 Å². The number of hydrogen-bond donors (Lipinski definition) is 3. The molecule has 6 nitrogen and oxygen atoms in total. The van der Waals surface area contributed by atoms with Crippen molar-refractivity contribution in [2.75, 3.05) is 11.1 Å². The Bertz CT molecular complexity index is 1010. The Balaban J connectivity index is 1.77. The Kier molecular flexibility index (Phi) is 5.83. The maximum absolute atomic E-state index is 12.4. The van der Waals surface area contributed by atoms with Gasteiger partial charge in [-0.2, -0.15) is 0 Å². The van der Waals surface area contributed by atoms with E-state index < -0.39 is 11.5 Å². The van der Waals surface area contributed by atoms with Gasteiger partial charge in [0.2, 0.25) is 0 Å². The number of aromatic amines is 1. The predicted molar refractivity (Wildman–Crippen MR) is 109 cm³/mol. The molecule has 1 aromatic heterocycles. The van der Waals surface area contributed by atoms with Gasteiger partial charge in [-0.25, -0.2) is 4.98 Å². The Morgan fingerprint density at radius 3 is 2.48 bits per heavy atom. The lowest BCUT2D eigenvalue weighted by molar-refractivity contribution is 0.102. The number of H-pyrrole nitrogens is 1. The van der Waals surface area contributed by atoms with Crippen LogP contribution in [0.3, 0.4) is 0 Å². The molecule has 1 heterocycles. The molecule has 0 aliphatic rings. The van der Waals surface area contributed by atoms with Gasteiger partial charge >= 0.3 is 0 Å². The quantitative estimate of drug-likeness (QED) is 0.442. The highest BCUT2D eigenvalue weighted by atomic mass is 35.5. The number of halogens is 1. The number of hydrogen-bond acceptors (Lipinski definition) is 5. The van der Waals surface area contributed by atoms with Crippen molar-refractivity contribution in [3.63, 3.8) is 0 Å². The van der Waals surface area contributed by atoms with Gasteiger partial charge < -0.3 is 11.1 Å².